The summed E-state index contributed by atoms with van der Waals surface area (Å²) in [5.41, 5.74) is 3.72. The number of furan rings is 1. The zero-order valence-corrected chi connectivity index (χ0v) is 19.0. The molecule has 2 aromatic carbocycles. The number of carbonyl (C=O) groups excluding carboxylic acids is 1. The summed E-state index contributed by atoms with van der Waals surface area (Å²) in [6.45, 7) is 3.93. The highest BCUT2D eigenvalue weighted by molar-refractivity contribution is 7.99. The van der Waals surface area contributed by atoms with Crippen molar-refractivity contribution in [3.8, 4) is 17.3 Å². The number of nitrogens with one attached hydrogen (secondary N) is 1. The van der Waals surface area contributed by atoms with Gasteiger partial charge in [0.25, 0.3) is 0 Å². The van der Waals surface area contributed by atoms with Crippen molar-refractivity contribution in [2.45, 2.75) is 19.0 Å². The van der Waals surface area contributed by atoms with Crippen molar-refractivity contribution < 1.29 is 9.21 Å². The predicted octanol–water partition coefficient (Wildman–Crippen LogP) is 5.48. The van der Waals surface area contributed by atoms with E-state index in [1.54, 1.807) is 0 Å². The van der Waals surface area contributed by atoms with Gasteiger partial charge in [-0.2, -0.15) is 0 Å². The van der Waals surface area contributed by atoms with E-state index in [1.807, 2.05) is 78.4 Å². The van der Waals surface area contributed by atoms with E-state index in [4.69, 9.17) is 4.42 Å². The molecule has 160 valence electrons. The Kier molecular flexibility index (Phi) is 5.50. The van der Waals surface area contributed by atoms with Gasteiger partial charge in [-0.15, -0.1) is 21.5 Å². The third-order valence-electron chi connectivity index (χ3n) is 4.77. The third-order valence-corrected chi connectivity index (χ3v) is 6.57. The summed E-state index contributed by atoms with van der Waals surface area (Å²) < 4.78 is 7.96. The average molecular weight is 462 g/mol. The standard InChI is InChI=1S/C23H19N5O2S2/c1-14-7-9-17(10-8-14)28-21(19-11-16-5-3-4-6-18(16)30-19)26-27-23(28)32-13-20(29)25-22-24-15(2)12-31-22/h3-12H,13H2,1-2H3,(H,24,25,29). The summed E-state index contributed by atoms with van der Waals surface area (Å²) in [5, 5.41) is 15.7. The lowest BCUT2D eigenvalue weighted by atomic mass is 10.2. The number of aryl methyl sites for hydroxylation is 2. The molecule has 5 rings (SSSR count). The molecular formula is C23H19N5O2S2. The first kappa shape index (κ1) is 20.5. The molecule has 32 heavy (non-hydrogen) atoms. The number of hydrogen-bond acceptors (Lipinski definition) is 7. The van der Waals surface area contributed by atoms with Crippen molar-refractivity contribution in [3.05, 3.63) is 71.2 Å². The number of hydrogen-bond donors (Lipinski definition) is 1. The van der Waals surface area contributed by atoms with Crippen LogP contribution in [0.25, 0.3) is 28.2 Å². The predicted molar refractivity (Wildman–Crippen MR) is 128 cm³/mol. The van der Waals surface area contributed by atoms with Gasteiger partial charge < -0.3 is 9.73 Å². The Morgan fingerprint density at radius 3 is 2.69 bits per heavy atom. The minimum absolute atomic E-state index is 0.145. The van der Waals surface area contributed by atoms with E-state index in [0.29, 0.717) is 21.9 Å². The van der Waals surface area contributed by atoms with Crippen LogP contribution in [-0.2, 0) is 4.79 Å². The van der Waals surface area contributed by atoms with Gasteiger partial charge in [0.05, 0.1) is 11.4 Å². The first-order valence-electron chi connectivity index (χ1n) is 9.93. The molecule has 0 aliphatic carbocycles. The molecule has 0 aliphatic heterocycles. The number of carbonyl (C=O) groups is 1. The molecule has 1 amide bonds. The van der Waals surface area contributed by atoms with Gasteiger partial charge in [-0.3, -0.25) is 9.36 Å². The lowest BCUT2D eigenvalue weighted by Gasteiger charge is -2.09. The fourth-order valence-corrected chi connectivity index (χ4v) is 4.69. The van der Waals surface area contributed by atoms with Gasteiger partial charge in [0, 0.05) is 16.5 Å². The van der Waals surface area contributed by atoms with Crippen molar-refractivity contribution >= 4 is 45.1 Å². The number of benzene rings is 2. The van der Waals surface area contributed by atoms with Gasteiger partial charge in [-0.05, 0) is 38.1 Å². The van der Waals surface area contributed by atoms with Crippen molar-refractivity contribution in [1.82, 2.24) is 19.7 Å². The molecule has 0 unspecified atom stereocenters. The Morgan fingerprint density at radius 1 is 1.12 bits per heavy atom. The van der Waals surface area contributed by atoms with E-state index >= 15 is 0 Å². The van der Waals surface area contributed by atoms with E-state index < -0.39 is 0 Å². The van der Waals surface area contributed by atoms with E-state index in [-0.39, 0.29) is 11.7 Å². The quantitative estimate of drug-likeness (QED) is 0.337. The molecule has 0 atom stereocenters. The summed E-state index contributed by atoms with van der Waals surface area (Å²) in [6.07, 6.45) is 0. The first-order chi connectivity index (χ1) is 15.6. The second kappa shape index (κ2) is 8.60. The van der Waals surface area contributed by atoms with Crippen molar-refractivity contribution in [2.75, 3.05) is 11.1 Å². The van der Waals surface area contributed by atoms with Crippen LogP contribution in [0.2, 0.25) is 0 Å². The van der Waals surface area contributed by atoms with Crippen LogP contribution in [-0.4, -0.2) is 31.4 Å². The highest BCUT2D eigenvalue weighted by Crippen LogP contribution is 2.32. The van der Waals surface area contributed by atoms with Crippen LogP contribution in [0.3, 0.4) is 0 Å². The second-order valence-electron chi connectivity index (χ2n) is 7.26. The number of rotatable bonds is 6. The summed E-state index contributed by atoms with van der Waals surface area (Å²) in [5.74, 6) is 1.24. The molecule has 0 saturated carbocycles. The van der Waals surface area contributed by atoms with Gasteiger partial charge in [0.2, 0.25) is 11.7 Å². The fourth-order valence-electron chi connectivity index (χ4n) is 3.24. The maximum Gasteiger partial charge on any atom is 0.236 e. The number of fused-ring (bicyclic) bond motifs is 1. The number of para-hydroxylation sites is 1. The SMILES string of the molecule is Cc1ccc(-n2c(SCC(=O)Nc3nc(C)cs3)nnc2-c2cc3ccccc3o2)cc1. The molecule has 0 fully saturated rings. The normalized spacial score (nSPS) is 11.2. The van der Waals surface area contributed by atoms with Crippen LogP contribution >= 0.6 is 23.1 Å². The van der Waals surface area contributed by atoms with Crippen LogP contribution in [0.1, 0.15) is 11.3 Å². The van der Waals surface area contributed by atoms with Gasteiger partial charge >= 0.3 is 0 Å². The molecular weight excluding hydrogens is 442 g/mol. The number of amides is 1. The first-order valence-corrected chi connectivity index (χ1v) is 11.8. The van der Waals surface area contributed by atoms with Crippen LogP contribution < -0.4 is 5.32 Å². The molecule has 0 saturated heterocycles. The number of nitrogens with zero attached hydrogens (tertiary/aromatic N) is 4. The van der Waals surface area contributed by atoms with E-state index in [2.05, 4.69) is 20.5 Å². The van der Waals surface area contributed by atoms with E-state index in [1.165, 1.54) is 23.1 Å². The van der Waals surface area contributed by atoms with Gasteiger partial charge in [0.15, 0.2) is 16.0 Å². The smallest absolute Gasteiger partial charge is 0.236 e. The summed E-state index contributed by atoms with van der Waals surface area (Å²) in [4.78, 5) is 16.7. The van der Waals surface area contributed by atoms with Crippen molar-refractivity contribution in [1.29, 1.82) is 0 Å². The Balaban J connectivity index is 1.47. The van der Waals surface area contributed by atoms with E-state index in [0.717, 1.165) is 27.9 Å². The highest BCUT2D eigenvalue weighted by atomic mass is 32.2. The van der Waals surface area contributed by atoms with Crippen LogP contribution in [0.4, 0.5) is 5.13 Å². The monoisotopic (exact) mass is 461 g/mol. The van der Waals surface area contributed by atoms with Crippen LogP contribution in [0, 0.1) is 13.8 Å². The zero-order valence-electron chi connectivity index (χ0n) is 17.4. The average Bonchev–Trinajstić information content (AvgIpc) is 3.50. The number of aromatic nitrogens is 4. The molecule has 3 heterocycles. The molecule has 0 bridgehead atoms. The maximum absolute atomic E-state index is 12.4. The Labute approximate surface area is 192 Å². The topological polar surface area (TPSA) is 85.8 Å². The highest BCUT2D eigenvalue weighted by Gasteiger charge is 2.20. The molecule has 0 radical (unpaired) electrons. The largest absolute Gasteiger partial charge is 0.453 e. The number of thiazole rings is 1. The Bertz CT molecular complexity index is 1370. The molecule has 3 aromatic heterocycles. The third kappa shape index (κ3) is 4.17. The lowest BCUT2D eigenvalue weighted by molar-refractivity contribution is -0.113. The van der Waals surface area contributed by atoms with Crippen molar-refractivity contribution in [3.63, 3.8) is 0 Å². The zero-order chi connectivity index (χ0) is 22.1. The second-order valence-corrected chi connectivity index (χ2v) is 9.06. The minimum atomic E-state index is -0.145. The van der Waals surface area contributed by atoms with E-state index in [9.17, 15) is 4.79 Å². The molecule has 5 aromatic rings. The number of thioether (sulfide) groups is 1. The van der Waals surface area contributed by atoms with Crippen LogP contribution in [0.15, 0.2) is 69.6 Å². The Morgan fingerprint density at radius 2 is 1.94 bits per heavy atom. The molecule has 0 aliphatic rings. The fraction of sp³-hybridized carbons (Fsp3) is 0.130. The molecule has 0 spiro atoms. The van der Waals surface area contributed by atoms with Crippen molar-refractivity contribution in [2.24, 2.45) is 0 Å². The van der Waals surface area contributed by atoms with Gasteiger partial charge in [-0.1, -0.05) is 47.7 Å². The molecule has 1 N–H and O–H groups in total. The summed E-state index contributed by atoms with van der Waals surface area (Å²) in [6, 6.07) is 17.9. The van der Waals surface area contributed by atoms with Crippen LogP contribution in [0.5, 0.6) is 0 Å². The molecule has 9 heteroatoms. The molecule has 7 nitrogen and oxygen atoms in total. The maximum atomic E-state index is 12.4. The number of anilines is 1. The van der Waals surface area contributed by atoms with Gasteiger partial charge in [-0.25, -0.2) is 4.98 Å². The summed E-state index contributed by atoms with van der Waals surface area (Å²) >= 11 is 2.72. The Hall–Kier alpha value is -3.43. The minimum Gasteiger partial charge on any atom is -0.453 e. The van der Waals surface area contributed by atoms with Gasteiger partial charge in [0.1, 0.15) is 5.58 Å². The summed E-state index contributed by atoms with van der Waals surface area (Å²) in [7, 11) is 0. The lowest BCUT2D eigenvalue weighted by Crippen LogP contribution is -2.14.